The summed E-state index contributed by atoms with van der Waals surface area (Å²) < 4.78 is 2.11. The Morgan fingerprint density at radius 2 is 2.50 bits per heavy atom. The minimum Gasteiger partial charge on any atom is -0.217 e. The third kappa shape index (κ3) is 0.742. The molecule has 0 aliphatic carbocycles. The van der Waals surface area contributed by atoms with E-state index in [0.717, 1.165) is 6.42 Å². The molecule has 1 heteroatoms. The van der Waals surface area contributed by atoms with E-state index < -0.39 is 0 Å². The zero-order valence-electron chi connectivity index (χ0n) is 5.31. The molecule has 0 N–H and O–H groups in total. The van der Waals surface area contributed by atoms with Crippen molar-refractivity contribution in [2.75, 3.05) is 7.05 Å². The van der Waals surface area contributed by atoms with Gasteiger partial charge >= 0.3 is 0 Å². The molecule has 1 heterocycles. The Hall–Kier alpha value is -0.770. The minimum atomic E-state index is 0.481. The molecule has 1 aliphatic rings. The SMILES string of the molecule is CCC1C#CC=[N+]1C. The van der Waals surface area contributed by atoms with E-state index in [1.807, 2.05) is 13.3 Å². The second kappa shape index (κ2) is 2.00. The van der Waals surface area contributed by atoms with Crippen molar-refractivity contribution >= 4 is 6.21 Å². The zero-order chi connectivity index (χ0) is 5.98. The highest BCUT2D eigenvalue weighted by atomic mass is 15.0. The van der Waals surface area contributed by atoms with Gasteiger partial charge in [0.25, 0.3) is 0 Å². The van der Waals surface area contributed by atoms with Gasteiger partial charge < -0.3 is 0 Å². The van der Waals surface area contributed by atoms with E-state index >= 15 is 0 Å². The maximum absolute atomic E-state index is 3.08. The molecule has 0 amide bonds. The highest BCUT2D eigenvalue weighted by Crippen LogP contribution is 1.95. The van der Waals surface area contributed by atoms with Crippen molar-refractivity contribution in [1.82, 2.24) is 0 Å². The van der Waals surface area contributed by atoms with Crippen molar-refractivity contribution in [3.63, 3.8) is 0 Å². The van der Waals surface area contributed by atoms with Crippen LogP contribution < -0.4 is 0 Å². The molecule has 0 bridgehead atoms. The summed E-state index contributed by atoms with van der Waals surface area (Å²) in [4.78, 5) is 0. The third-order valence-electron chi connectivity index (χ3n) is 1.40. The van der Waals surface area contributed by atoms with Gasteiger partial charge in [0, 0.05) is 12.3 Å². The molecule has 1 aliphatic heterocycles. The standard InChI is InChI=1S/C7H10N/c1-3-7-5-4-6-8(7)2/h6-7H,3H2,1-2H3/q+1. The lowest BCUT2D eigenvalue weighted by atomic mass is 10.2. The summed E-state index contributed by atoms with van der Waals surface area (Å²) in [6.07, 6.45) is 3.05. The molecule has 0 aromatic heterocycles. The van der Waals surface area contributed by atoms with Gasteiger partial charge in [0.2, 0.25) is 12.3 Å². The molecule has 0 saturated heterocycles. The average Bonchev–Trinajstić information content (AvgIpc) is 2.14. The second-order valence-electron chi connectivity index (χ2n) is 2.01. The van der Waals surface area contributed by atoms with Gasteiger partial charge in [-0.05, 0) is 5.92 Å². The lowest BCUT2D eigenvalue weighted by molar-refractivity contribution is -0.515. The fraction of sp³-hybridized carbons (Fsp3) is 0.571. The maximum atomic E-state index is 3.08. The van der Waals surface area contributed by atoms with E-state index in [2.05, 4.69) is 23.3 Å². The first-order chi connectivity index (χ1) is 3.84. The molecule has 1 rings (SSSR count). The highest BCUT2D eigenvalue weighted by Gasteiger charge is 2.12. The third-order valence-corrected chi connectivity index (χ3v) is 1.40. The second-order valence-corrected chi connectivity index (χ2v) is 2.01. The van der Waals surface area contributed by atoms with Crippen LogP contribution in [0.5, 0.6) is 0 Å². The number of rotatable bonds is 1. The van der Waals surface area contributed by atoms with E-state index in [9.17, 15) is 0 Å². The Morgan fingerprint density at radius 3 is 2.75 bits per heavy atom. The van der Waals surface area contributed by atoms with Crippen molar-refractivity contribution < 1.29 is 4.58 Å². The molecule has 0 saturated carbocycles. The van der Waals surface area contributed by atoms with Crippen molar-refractivity contribution in [1.29, 1.82) is 0 Å². The van der Waals surface area contributed by atoms with Gasteiger partial charge in [-0.15, -0.1) is 0 Å². The number of hydrogen-bond donors (Lipinski definition) is 0. The minimum absolute atomic E-state index is 0.481. The molecule has 42 valence electrons. The molecule has 1 atom stereocenters. The highest BCUT2D eigenvalue weighted by molar-refractivity contribution is 5.75. The van der Waals surface area contributed by atoms with Crippen LogP contribution in [0.4, 0.5) is 0 Å². The number of nitrogens with zero attached hydrogens (tertiary/aromatic N) is 1. The van der Waals surface area contributed by atoms with Crippen LogP contribution in [-0.2, 0) is 0 Å². The van der Waals surface area contributed by atoms with E-state index in [0.29, 0.717) is 6.04 Å². The normalized spacial score (nSPS) is 24.2. The van der Waals surface area contributed by atoms with Crippen molar-refractivity contribution in [3.05, 3.63) is 0 Å². The molecule has 0 aromatic rings. The van der Waals surface area contributed by atoms with Crippen LogP contribution in [0.15, 0.2) is 0 Å². The predicted octanol–water partition coefficient (Wildman–Crippen LogP) is 0.495. The Kier molecular flexibility index (Phi) is 1.34. The van der Waals surface area contributed by atoms with Crippen LogP contribution in [0.2, 0.25) is 0 Å². The summed E-state index contributed by atoms with van der Waals surface area (Å²) >= 11 is 0. The molecular weight excluding hydrogens is 98.1 g/mol. The van der Waals surface area contributed by atoms with Gasteiger partial charge in [0.05, 0.1) is 0 Å². The van der Waals surface area contributed by atoms with Crippen molar-refractivity contribution in [2.24, 2.45) is 0 Å². The van der Waals surface area contributed by atoms with Crippen LogP contribution in [0.25, 0.3) is 0 Å². The Bertz CT molecular complexity index is 169. The quantitative estimate of drug-likeness (QED) is 0.340. The van der Waals surface area contributed by atoms with Crippen LogP contribution >= 0.6 is 0 Å². The Labute approximate surface area is 50.0 Å². The van der Waals surface area contributed by atoms with Gasteiger partial charge in [-0.3, -0.25) is 0 Å². The van der Waals surface area contributed by atoms with E-state index in [-0.39, 0.29) is 0 Å². The van der Waals surface area contributed by atoms with Crippen LogP contribution in [-0.4, -0.2) is 23.9 Å². The van der Waals surface area contributed by atoms with E-state index in [1.54, 1.807) is 0 Å². The van der Waals surface area contributed by atoms with E-state index in [4.69, 9.17) is 0 Å². The van der Waals surface area contributed by atoms with Gasteiger partial charge in [-0.25, -0.2) is 4.58 Å². The molecule has 0 aromatic carbocycles. The molecule has 8 heavy (non-hydrogen) atoms. The van der Waals surface area contributed by atoms with Crippen molar-refractivity contribution in [2.45, 2.75) is 19.4 Å². The summed E-state index contributed by atoms with van der Waals surface area (Å²) in [6.45, 7) is 2.15. The maximum Gasteiger partial charge on any atom is 0.215 e. The largest absolute Gasteiger partial charge is 0.217 e. The molecule has 0 spiro atoms. The number of hydrogen-bond acceptors (Lipinski definition) is 0. The fourth-order valence-electron chi connectivity index (χ4n) is 0.817. The van der Waals surface area contributed by atoms with Crippen LogP contribution in [0.1, 0.15) is 13.3 Å². The lowest BCUT2D eigenvalue weighted by Crippen LogP contribution is -2.16. The Balaban J connectivity index is 2.64. The van der Waals surface area contributed by atoms with Gasteiger partial charge in [-0.2, -0.15) is 0 Å². The first-order valence-electron chi connectivity index (χ1n) is 2.91. The van der Waals surface area contributed by atoms with Gasteiger partial charge in [0.15, 0.2) is 0 Å². The summed E-state index contributed by atoms with van der Waals surface area (Å²) in [6, 6.07) is 0.481. The van der Waals surface area contributed by atoms with E-state index in [1.165, 1.54) is 0 Å². The zero-order valence-corrected chi connectivity index (χ0v) is 5.31. The molecule has 0 fully saturated rings. The fourth-order valence-corrected chi connectivity index (χ4v) is 0.817. The summed E-state index contributed by atoms with van der Waals surface area (Å²) in [5.74, 6) is 6.00. The smallest absolute Gasteiger partial charge is 0.215 e. The van der Waals surface area contributed by atoms with Gasteiger partial charge in [0.1, 0.15) is 7.05 Å². The summed E-state index contributed by atoms with van der Waals surface area (Å²) in [5, 5.41) is 0. The predicted molar refractivity (Wildman–Crippen MR) is 34.1 cm³/mol. The van der Waals surface area contributed by atoms with Crippen LogP contribution in [0.3, 0.4) is 0 Å². The van der Waals surface area contributed by atoms with Crippen molar-refractivity contribution in [3.8, 4) is 11.8 Å². The average molecular weight is 108 g/mol. The summed E-state index contributed by atoms with van der Waals surface area (Å²) in [7, 11) is 2.04. The molecular formula is C7H10N+. The topological polar surface area (TPSA) is 3.01 Å². The summed E-state index contributed by atoms with van der Waals surface area (Å²) in [5.41, 5.74) is 0. The molecule has 0 radical (unpaired) electrons. The van der Waals surface area contributed by atoms with Gasteiger partial charge in [-0.1, -0.05) is 6.92 Å². The first kappa shape index (κ1) is 5.37. The van der Waals surface area contributed by atoms with Crippen LogP contribution in [0, 0.1) is 11.8 Å². The molecule has 1 nitrogen and oxygen atoms in total. The lowest BCUT2D eigenvalue weighted by Gasteiger charge is -1.96. The monoisotopic (exact) mass is 108 g/mol. The Morgan fingerprint density at radius 1 is 1.75 bits per heavy atom. The molecule has 1 unspecified atom stereocenters. The first-order valence-corrected chi connectivity index (χ1v) is 2.91.